The van der Waals surface area contributed by atoms with Crippen molar-refractivity contribution in [1.29, 1.82) is 0 Å². The summed E-state index contributed by atoms with van der Waals surface area (Å²) in [4.78, 5) is 14.6. The molecule has 0 amide bonds. The van der Waals surface area contributed by atoms with E-state index in [9.17, 15) is 18.0 Å². The maximum atomic E-state index is 13.1. The van der Waals surface area contributed by atoms with Crippen molar-refractivity contribution < 1.29 is 27.4 Å². The van der Waals surface area contributed by atoms with Crippen LogP contribution in [0.5, 0.6) is 5.75 Å². The van der Waals surface area contributed by atoms with Gasteiger partial charge in [-0.3, -0.25) is 4.90 Å². The van der Waals surface area contributed by atoms with Crippen molar-refractivity contribution in [3.05, 3.63) is 76.9 Å². The number of hydrogen-bond donors (Lipinski definition) is 0. The molecule has 2 aromatic rings. The molecule has 31 heavy (non-hydrogen) atoms. The highest BCUT2D eigenvalue weighted by atomic mass is 19.4. The van der Waals surface area contributed by atoms with Gasteiger partial charge in [-0.25, -0.2) is 4.79 Å². The van der Waals surface area contributed by atoms with Gasteiger partial charge in [0.05, 0.1) is 25.3 Å². The van der Waals surface area contributed by atoms with Crippen molar-refractivity contribution in [2.75, 3.05) is 14.2 Å². The molecule has 0 spiro atoms. The Morgan fingerprint density at radius 2 is 1.77 bits per heavy atom. The van der Waals surface area contributed by atoms with Gasteiger partial charge < -0.3 is 9.47 Å². The van der Waals surface area contributed by atoms with Gasteiger partial charge in [-0.15, -0.1) is 0 Å². The minimum atomic E-state index is -4.39. The van der Waals surface area contributed by atoms with E-state index < -0.39 is 17.3 Å². The van der Waals surface area contributed by atoms with Crippen LogP contribution in [0.15, 0.2) is 60.2 Å². The van der Waals surface area contributed by atoms with Crippen molar-refractivity contribution in [3.63, 3.8) is 0 Å². The molecular formula is C24H24F3NO3. The second kappa shape index (κ2) is 8.04. The zero-order valence-corrected chi connectivity index (χ0v) is 17.4. The van der Waals surface area contributed by atoms with E-state index in [1.54, 1.807) is 7.11 Å². The first-order chi connectivity index (χ1) is 14.8. The molecule has 0 N–H and O–H groups in total. The molecule has 0 aromatic heterocycles. The van der Waals surface area contributed by atoms with E-state index in [2.05, 4.69) is 4.90 Å². The maximum Gasteiger partial charge on any atom is 0.416 e. The molecule has 2 atom stereocenters. The molecule has 2 aliphatic heterocycles. The Bertz CT molecular complexity index is 983. The number of fused-ring (bicyclic) bond motifs is 2. The van der Waals surface area contributed by atoms with Crippen LogP contribution in [-0.2, 0) is 27.8 Å². The minimum Gasteiger partial charge on any atom is -0.497 e. The molecule has 0 aliphatic carbocycles. The molecule has 2 aliphatic rings. The second-order valence-corrected chi connectivity index (χ2v) is 8.03. The average Bonchev–Trinajstić information content (AvgIpc) is 2.97. The van der Waals surface area contributed by atoms with Gasteiger partial charge in [0, 0.05) is 18.2 Å². The third-order valence-corrected chi connectivity index (χ3v) is 6.35. The van der Waals surface area contributed by atoms with Crippen LogP contribution >= 0.6 is 0 Å². The van der Waals surface area contributed by atoms with Gasteiger partial charge in [0.15, 0.2) is 0 Å². The van der Waals surface area contributed by atoms with Crippen molar-refractivity contribution in [3.8, 4) is 5.75 Å². The number of methoxy groups -OCH3 is 2. The molecule has 4 rings (SSSR count). The smallest absolute Gasteiger partial charge is 0.416 e. The highest BCUT2D eigenvalue weighted by Gasteiger charge is 2.50. The van der Waals surface area contributed by atoms with Gasteiger partial charge in [-0.05, 0) is 60.7 Å². The Hall–Kier alpha value is -2.80. The van der Waals surface area contributed by atoms with Gasteiger partial charge >= 0.3 is 12.1 Å². The van der Waals surface area contributed by atoms with Crippen LogP contribution in [0.3, 0.4) is 0 Å². The Morgan fingerprint density at radius 1 is 1.10 bits per heavy atom. The van der Waals surface area contributed by atoms with Gasteiger partial charge in [-0.2, -0.15) is 13.2 Å². The summed E-state index contributed by atoms with van der Waals surface area (Å²) in [5.74, 6) is 0.378. The standard InChI is InChI=1S/C24H24F3NO3/c1-30-21-9-3-16(4-10-21)15-28-20-11-12-23(28,14-17(13-20)22(29)31-2)18-5-7-19(8-6-18)24(25,26)27/h3-10,14,20H,11-13,15H2,1-2H3/t20-,23+/m1/s1. The van der Waals surface area contributed by atoms with Crippen molar-refractivity contribution in [2.45, 2.75) is 43.6 Å². The zero-order valence-electron chi connectivity index (χ0n) is 17.4. The normalized spacial score (nSPS) is 23.4. The first-order valence-electron chi connectivity index (χ1n) is 10.1. The SMILES string of the molecule is COC(=O)C1=C[C@]2(c3ccc(C(F)(F)F)cc3)CC[C@H](C1)N2Cc1ccc(OC)cc1. The molecular weight excluding hydrogens is 407 g/mol. The largest absolute Gasteiger partial charge is 0.497 e. The Balaban J connectivity index is 1.75. The van der Waals surface area contributed by atoms with E-state index in [0.29, 0.717) is 18.5 Å². The van der Waals surface area contributed by atoms with Crippen LogP contribution in [0.2, 0.25) is 0 Å². The predicted molar refractivity (Wildman–Crippen MR) is 109 cm³/mol. The molecule has 1 fully saturated rings. The highest BCUT2D eigenvalue weighted by Crippen LogP contribution is 2.50. The van der Waals surface area contributed by atoms with Crippen LogP contribution in [0.25, 0.3) is 0 Å². The lowest BCUT2D eigenvalue weighted by molar-refractivity contribution is -0.138. The number of benzene rings is 2. The molecule has 1 saturated heterocycles. The molecule has 0 radical (unpaired) electrons. The first-order valence-corrected chi connectivity index (χ1v) is 10.1. The predicted octanol–water partition coefficient (Wildman–Crippen LogP) is 5.08. The van der Waals surface area contributed by atoms with Crippen LogP contribution < -0.4 is 4.74 Å². The number of rotatable bonds is 5. The summed E-state index contributed by atoms with van der Waals surface area (Å²) in [6, 6.07) is 13.1. The van der Waals surface area contributed by atoms with Crippen LogP contribution in [0, 0.1) is 0 Å². The Labute approximate surface area is 179 Å². The summed E-state index contributed by atoms with van der Waals surface area (Å²) in [7, 11) is 2.96. The average molecular weight is 431 g/mol. The second-order valence-electron chi connectivity index (χ2n) is 8.03. The van der Waals surface area contributed by atoms with Gasteiger partial charge in [0.1, 0.15) is 5.75 Å². The van der Waals surface area contributed by atoms with E-state index >= 15 is 0 Å². The van der Waals surface area contributed by atoms with Crippen LogP contribution in [0.1, 0.15) is 36.0 Å². The summed E-state index contributed by atoms with van der Waals surface area (Å²) in [5.41, 5.74) is 1.06. The molecule has 164 valence electrons. The third-order valence-electron chi connectivity index (χ3n) is 6.35. The molecule has 4 nitrogen and oxygen atoms in total. The number of halogens is 3. The maximum absolute atomic E-state index is 13.1. The van der Waals surface area contributed by atoms with E-state index in [0.717, 1.165) is 41.9 Å². The summed E-state index contributed by atoms with van der Waals surface area (Å²) in [6.45, 7) is 0.612. The lowest BCUT2D eigenvalue weighted by Gasteiger charge is -2.43. The molecule has 7 heteroatoms. The molecule has 2 aromatic carbocycles. The van der Waals surface area contributed by atoms with E-state index in [1.165, 1.54) is 19.2 Å². The first kappa shape index (κ1) is 21.4. The number of nitrogens with zero attached hydrogens (tertiary/aromatic N) is 1. The van der Waals surface area contributed by atoms with Crippen molar-refractivity contribution >= 4 is 5.97 Å². The van der Waals surface area contributed by atoms with Crippen molar-refractivity contribution in [1.82, 2.24) is 4.90 Å². The number of ether oxygens (including phenoxy) is 2. The number of alkyl halides is 3. The number of carbonyl (C=O) groups excluding carboxylic acids is 1. The summed E-state index contributed by atoms with van der Waals surface area (Å²) in [5, 5.41) is 0. The lowest BCUT2D eigenvalue weighted by atomic mass is 9.83. The molecule has 0 unspecified atom stereocenters. The zero-order chi connectivity index (χ0) is 22.2. The fraction of sp³-hybridized carbons (Fsp3) is 0.375. The summed E-state index contributed by atoms with van der Waals surface area (Å²) < 4.78 is 49.5. The fourth-order valence-corrected chi connectivity index (χ4v) is 4.79. The van der Waals surface area contributed by atoms with Crippen molar-refractivity contribution in [2.24, 2.45) is 0 Å². The van der Waals surface area contributed by atoms with E-state index in [4.69, 9.17) is 9.47 Å². The molecule has 2 heterocycles. The highest BCUT2D eigenvalue weighted by molar-refractivity contribution is 5.89. The van der Waals surface area contributed by atoms with E-state index in [1.807, 2.05) is 30.3 Å². The van der Waals surface area contributed by atoms with Gasteiger partial charge in [0.2, 0.25) is 0 Å². The summed E-state index contributed by atoms with van der Waals surface area (Å²) >= 11 is 0. The van der Waals surface area contributed by atoms with Crippen LogP contribution in [-0.4, -0.2) is 31.1 Å². The number of hydrogen-bond acceptors (Lipinski definition) is 4. The number of carbonyl (C=O) groups is 1. The molecule has 0 saturated carbocycles. The Kier molecular flexibility index (Phi) is 5.56. The Morgan fingerprint density at radius 3 is 2.35 bits per heavy atom. The minimum absolute atomic E-state index is 0.100. The molecule has 2 bridgehead atoms. The summed E-state index contributed by atoms with van der Waals surface area (Å²) in [6.07, 6.45) is -0.371. The van der Waals surface area contributed by atoms with E-state index in [-0.39, 0.29) is 12.0 Å². The quantitative estimate of drug-likeness (QED) is 0.619. The lowest BCUT2D eigenvalue weighted by Crippen LogP contribution is -2.47. The topological polar surface area (TPSA) is 38.8 Å². The monoisotopic (exact) mass is 431 g/mol. The number of esters is 1. The third kappa shape index (κ3) is 3.94. The van der Waals surface area contributed by atoms with Gasteiger partial charge in [0.25, 0.3) is 0 Å². The van der Waals surface area contributed by atoms with Crippen LogP contribution in [0.4, 0.5) is 13.2 Å². The fourth-order valence-electron chi connectivity index (χ4n) is 4.79. The van der Waals surface area contributed by atoms with Gasteiger partial charge in [-0.1, -0.05) is 24.3 Å².